The number of esters is 3. The van der Waals surface area contributed by atoms with E-state index in [1.54, 1.807) is 0 Å². The van der Waals surface area contributed by atoms with Gasteiger partial charge in [0.15, 0.2) is 18.5 Å². The normalized spacial score (nSPS) is 26.9. The average Bonchev–Trinajstić information content (AvgIpc) is 2.62. The summed E-state index contributed by atoms with van der Waals surface area (Å²) < 4.78 is 21.1. The summed E-state index contributed by atoms with van der Waals surface area (Å²) in [5.74, 6) is -1.81. The monoisotopic (exact) mass is 395 g/mol. The molecule has 0 saturated carbocycles. The van der Waals surface area contributed by atoms with Crippen molar-refractivity contribution in [2.75, 3.05) is 6.61 Å². The van der Waals surface area contributed by atoms with E-state index in [0.717, 1.165) is 5.56 Å². The van der Waals surface area contributed by atoms with Crippen molar-refractivity contribution in [1.82, 2.24) is 5.32 Å². The van der Waals surface area contributed by atoms with Crippen LogP contribution in [-0.4, -0.2) is 60.3 Å². The lowest BCUT2D eigenvalue weighted by atomic mass is 9.96. The molecule has 1 fully saturated rings. The lowest BCUT2D eigenvalue weighted by molar-refractivity contribution is -0.265. The quantitative estimate of drug-likeness (QED) is 0.496. The minimum Gasteiger partial charge on any atom is -0.463 e. The van der Waals surface area contributed by atoms with Gasteiger partial charge in [-0.15, -0.1) is 0 Å². The van der Waals surface area contributed by atoms with Crippen molar-refractivity contribution < 1.29 is 38.4 Å². The van der Waals surface area contributed by atoms with Gasteiger partial charge in [-0.1, -0.05) is 30.3 Å². The van der Waals surface area contributed by atoms with Gasteiger partial charge in [0.1, 0.15) is 12.7 Å². The molecular formula is C19H25NO8. The first-order valence-corrected chi connectivity index (χ1v) is 8.86. The Kier molecular flexibility index (Phi) is 7.91. The smallest absolute Gasteiger partial charge is 0.303 e. The Bertz CT molecular complexity index is 680. The van der Waals surface area contributed by atoms with Crippen LogP contribution in [0.3, 0.4) is 0 Å². The molecule has 0 spiro atoms. The molecule has 1 saturated heterocycles. The van der Waals surface area contributed by atoms with Crippen LogP contribution in [-0.2, 0) is 39.9 Å². The highest BCUT2D eigenvalue weighted by atomic mass is 16.7. The Morgan fingerprint density at radius 3 is 2.18 bits per heavy atom. The maximum Gasteiger partial charge on any atom is 0.303 e. The zero-order chi connectivity index (χ0) is 20.7. The van der Waals surface area contributed by atoms with Crippen LogP contribution < -0.4 is 5.32 Å². The van der Waals surface area contributed by atoms with Gasteiger partial charge in [-0.25, -0.2) is 0 Å². The topological polar surface area (TPSA) is 120 Å². The van der Waals surface area contributed by atoms with Crippen molar-refractivity contribution >= 4 is 17.9 Å². The van der Waals surface area contributed by atoms with Crippen LogP contribution >= 0.6 is 0 Å². The van der Waals surface area contributed by atoms with Crippen LogP contribution in [0.2, 0.25) is 0 Å². The zero-order valence-electron chi connectivity index (χ0n) is 16.0. The van der Waals surface area contributed by atoms with Gasteiger partial charge >= 0.3 is 17.9 Å². The number of aliphatic hydroxyl groups is 1. The molecule has 1 aliphatic heterocycles. The fourth-order valence-corrected chi connectivity index (χ4v) is 2.97. The lowest BCUT2D eigenvalue weighted by Crippen LogP contribution is -2.65. The van der Waals surface area contributed by atoms with E-state index in [0.29, 0.717) is 6.54 Å². The summed E-state index contributed by atoms with van der Waals surface area (Å²) in [6.07, 6.45) is -4.51. The van der Waals surface area contributed by atoms with Crippen LogP contribution in [0.15, 0.2) is 30.3 Å². The van der Waals surface area contributed by atoms with Crippen molar-refractivity contribution in [2.24, 2.45) is 0 Å². The van der Waals surface area contributed by atoms with E-state index < -0.39 is 48.6 Å². The molecule has 2 rings (SSSR count). The van der Waals surface area contributed by atoms with Crippen molar-refractivity contribution in [1.29, 1.82) is 0 Å². The summed E-state index contributed by atoms with van der Waals surface area (Å²) in [4.78, 5) is 34.4. The first kappa shape index (κ1) is 21.8. The second kappa shape index (κ2) is 10.2. The Morgan fingerprint density at radius 2 is 1.61 bits per heavy atom. The van der Waals surface area contributed by atoms with Gasteiger partial charge in [-0.3, -0.25) is 14.4 Å². The molecule has 0 aromatic heterocycles. The van der Waals surface area contributed by atoms with Crippen LogP contribution in [0.4, 0.5) is 0 Å². The second-order valence-corrected chi connectivity index (χ2v) is 6.41. The number of carbonyl (C=O) groups excluding carboxylic acids is 3. The van der Waals surface area contributed by atoms with Gasteiger partial charge in [0.2, 0.25) is 0 Å². The van der Waals surface area contributed by atoms with Gasteiger partial charge in [0.25, 0.3) is 0 Å². The molecule has 154 valence electrons. The van der Waals surface area contributed by atoms with E-state index in [4.69, 9.17) is 18.9 Å². The molecule has 2 N–H and O–H groups in total. The van der Waals surface area contributed by atoms with E-state index >= 15 is 0 Å². The van der Waals surface area contributed by atoms with E-state index in [-0.39, 0.29) is 6.61 Å². The van der Waals surface area contributed by atoms with Gasteiger partial charge in [0, 0.05) is 27.3 Å². The van der Waals surface area contributed by atoms with Crippen LogP contribution in [0, 0.1) is 0 Å². The molecule has 28 heavy (non-hydrogen) atoms. The minimum atomic E-state index is -1.39. The highest BCUT2D eigenvalue weighted by Gasteiger charge is 2.49. The molecule has 9 nitrogen and oxygen atoms in total. The van der Waals surface area contributed by atoms with E-state index in [2.05, 4.69) is 5.32 Å². The number of carbonyl (C=O) groups is 3. The molecule has 0 amide bonds. The van der Waals surface area contributed by atoms with Crippen LogP contribution in [0.5, 0.6) is 0 Å². The maximum absolute atomic E-state index is 11.6. The molecule has 9 heteroatoms. The Morgan fingerprint density at radius 1 is 1.00 bits per heavy atom. The Labute approximate surface area is 162 Å². The summed E-state index contributed by atoms with van der Waals surface area (Å²) >= 11 is 0. The molecule has 0 bridgehead atoms. The number of nitrogens with one attached hydrogen (secondary N) is 1. The molecule has 1 aromatic carbocycles. The highest BCUT2D eigenvalue weighted by Crippen LogP contribution is 2.26. The van der Waals surface area contributed by atoms with Crippen molar-refractivity contribution in [3.05, 3.63) is 35.9 Å². The number of rotatable bonds is 7. The third-order valence-corrected chi connectivity index (χ3v) is 4.11. The number of benzene rings is 1. The lowest BCUT2D eigenvalue weighted by Gasteiger charge is -2.43. The predicted molar refractivity (Wildman–Crippen MR) is 95.7 cm³/mol. The number of hydrogen-bond donors (Lipinski definition) is 2. The summed E-state index contributed by atoms with van der Waals surface area (Å²) in [6, 6.07) is 8.51. The fourth-order valence-electron chi connectivity index (χ4n) is 2.97. The minimum absolute atomic E-state index is 0.270. The number of ether oxygens (including phenoxy) is 4. The third-order valence-electron chi connectivity index (χ3n) is 4.11. The first-order valence-electron chi connectivity index (χ1n) is 8.86. The van der Waals surface area contributed by atoms with Crippen molar-refractivity contribution in [3.63, 3.8) is 0 Å². The number of aliphatic hydroxyl groups excluding tert-OH is 1. The zero-order valence-corrected chi connectivity index (χ0v) is 16.0. The highest BCUT2D eigenvalue weighted by molar-refractivity contribution is 5.68. The van der Waals surface area contributed by atoms with Gasteiger partial charge in [-0.2, -0.15) is 0 Å². The molecule has 1 aromatic rings. The van der Waals surface area contributed by atoms with Crippen molar-refractivity contribution in [3.8, 4) is 0 Å². The molecule has 0 radical (unpaired) electrons. The largest absolute Gasteiger partial charge is 0.463 e. The van der Waals surface area contributed by atoms with Gasteiger partial charge in [-0.05, 0) is 5.56 Å². The fraction of sp³-hybridized carbons (Fsp3) is 0.526. The third kappa shape index (κ3) is 6.29. The molecule has 1 heterocycles. The molecular weight excluding hydrogens is 370 g/mol. The van der Waals surface area contributed by atoms with E-state index in [1.165, 1.54) is 20.8 Å². The van der Waals surface area contributed by atoms with Gasteiger partial charge < -0.3 is 29.4 Å². The van der Waals surface area contributed by atoms with Crippen LogP contribution in [0.1, 0.15) is 26.3 Å². The summed E-state index contributed by atoms with van der Waals surface area (Å²) in [7, 11) is 0. The Balaban J connectivity index is 2.22. The number of hydrogen-bond acceptors (Lipinski definition) is 9. The van der Waals surface area contributed by atoms with E-state index in [1.807, 2.05) is 30.3 Å². The molecule has 1 aliphatic rings. The molecule has 5 atom stereocenters. The summed E-state index contributed by atoms with van der Waals surface area (Å²) in [5, 5.41) is 13.5. The SMILES string of the molecule is CC(=O)OC[C@H]1O[C@@H](O)[C@H](NCc2ccccc2)[C@@H](OC(C)=O)[C@@H]1OC(C)=O. The standard InChI is InChI=1S/C19H25NO8/c1-11(21)25-10-15-17(26-12(2)22)18(27-13(3)23)16(19(24)28-15)20-9-14-7-5-4-6-8-14/h4-8,15-20,24H,9-10H2,1-3H3/t15-,16-,17-,18-,19-/m1/s1. The maximum atomic E-state index is 11.6. The predicted octanol–water partition coefficient (Wildman–Crippen LogP) is 0.288. The van der Waals surface area contributed by atoms with E-state index in [9.17, 15) is 19.5 Å². The van der Waals surface area contributed by atoms with Crippen molar-refractivity contribution in [2.45, 2.75) is 58.0 Å². The molecule has 0 aliphatic carbocycles. The van der Waals surface area contributed by atoms with Gasteiger partial charge in [0.05, 0.1) is 6.04 Å². The Hall–Kier alpha value is -2.49. The summed E-state index contributed by atoms with van der Waals surface area (Å²) in [6.45, 7) is 3.71. The first-order chi connectivity index (χ1) is 13.3. The van der Waals surface area contributed by atoms with Crippen LogP contribution in [0.25, 0.3) is 0 Å². The summed E-state index contributed by atoms with van der Waals surface area (Å²) in [5.41, 5.74) is 0.933. The molecule has 0 unspecified atom stereocenters. The average molecular weight is 395 g/mol. The second-order valence-electron chi connectivity index (χ2n) is 6.41.